The molecule has 9 nitrogen and oxygen atoms in total. The van der Waals surface area contributed by atoms with Crippen molar-refractivity contribution in [3.8, 4) is 17.2 Å². The van der Waals surface area contributed by atoms with Gasteiger partial charge in [-0.15, -0.1) is 0 Å². The number of benzene rings is 2. The second-order valence-corrected chi connectivity index (χ2v) is 12.7. The van der Waals surface area contributed by atoms with E-state index in [1.54, 1.807) is 63.6 Å². The molecule has 3 atom stereocenters. The first-order valence-corrected chi connectivity index (χ1v) is 18.6. The zero-order valence-electron chi connectivity index (χ0n) is 33.4. The normalized spacial score (nSPS) is 17.5. The fraction of sp³-hybridized carbons (Fsp3) is 0.462. The Morgan fingerprint density at radius 2 is 1.57 bits per heavy atom. The lowest BCUT2D eigenvalue weighted by molar-refractivity contribution is -0.129. The van der Waals surface area contributed by atoms with Gasteiger partial charge in [0.05, 0.1) is 27.4 Å². The van der Waals surface area contributed by atoms with Gasteiger partial charge < -0.3 is 19.3 Å². The van der Waals surface area contributed by atoms with Crippen LogP contribution in [-0.2, 0) is 25.1 Å². The molecule has 0 aromatic heterocycles. The molecule has 3 rings (SSSR count). The molecule has 0 aliphatic carbocycles. The van der Waals surface area contributed by atoms with Crippen molar-refractivity contribution in [2.45, 2.75) is 90.8 Å². The molecule has 14 heteroatoms. The van der Waals surface area contributed by atoms with Crippen LogP contribution in [0.3, 0.4) is 0 Å². The molecule has 1 aliphatic heterocycles. The number of rotatable bonds is 11. The molecule has 1 saturated heterocycles. The van der Waals surface area contributed by atoms with Crippen LogP contribution in [0.5, 0.6) is 17.2 Å². The maximum Gasteiger partial charge on any atom is 0.270 e. The molecule has 0 radical (unpaired) electrons. The fourth-order valence-corrected chi connectivity index (χ4v) is 6.62. The number of nitrogens with zero attached hydrogens (tertiary/aromatic N) is 1. The number of carbonyl (C=O) groups is 1. The number of alkyl halides is 3. The lowest BCUT2D eigenvalue weighted by Gasteiger charge is -2.35. The summed E-state index contributed by atoms with van der Waals surface area (Å²) in [6, 6.07) is 9.35. The maximum atomic E-state index is 14.7. The standard InChI is InChI=1S/C30H35ClN2O6S.C2H4F2.C2H6O.2C2H6.CH3F/c1-8-11-22(31)14-16-24-21(5)33(40(36,37)28-17-15-23(38-6)18-26(28)34)29(35)30(24,32-20(4)19(2)3)25-12-9-10-13-27(25)39-7;1-2(3)4;1-3-2;3*1-2/h8-13,15-18,20-21,32,34H,1-2,14H2,3-7H3;2H,1H3;1-2H3;2*1-2H3;1H3/b22-11+,24-16+;;;;;. The average molecular weight is 793 g/mol. The average Bonchev–Trinajstić information content (AvgIpc) is 3.34. The number of phenols is 1. The Bertz CT molecular complexity index is 1570. The molecule has 3 unspecified atom stereocenters. The third-order valence-electron chi connectivity index (χ3n) is 6.96. The van der Waals surface area contributed by atoms with Gasteiger partial charge in [-0.05, 0) is 57.5 Å². The third-order valence-corrected chi connectivity index (χ3v) is 9.14. The molecule has 2 N–H and O–H groups in total. The number of hydrogen-bond donors (Lipinski definition) is 2. The molecule has 0 saturated carbocycles. The van der Waals surface area contributed by atoms with E-state index >= 15 is 0 Å². The van der Waals surface area contributed by atoms with Crippen molar-refractivity contribution < 1.29 is 45.7 Å². The Labute approximate surface area is 321 Å². The van der Waals surface area contributed by atoms with Crippen molar-refractivity contribution >= 4 is 27.5 Å². The minimum Gasteiger partial charge on any atom is -0.506 e. The minimum atomic E-state index is -4.56. The molecule has 53 heavy (non-hydrogen) atoms. The molecular formula is C39H60ClF3N2O7S. The number of nitrogens with one attached hydrogen (secondary N) is 1. The van der Waals surface area contributed by atoms with E-state index in [2.05, 4.69) is 23.2 Å². The molecule has 1 amide bonds. The summed E-state index contributed by atoms with van der Waals surface area (Å²) in [4.78, 5) is 14.3. The minimum absolute atomic E-state index is 0.211. The summed E-state index contributed by atoms with van der Waals surface area (Å²) in [7, 11) is 2.07. The van der Waals surface area contributed by atoms with Gasteiger partial charge >= 0.3 is 0 Å². The SMILES string of the molecule is C=C/C=C(/Cl)C/C=C1\C(C)N(S(=O)(=O)c2ccc(OC)cc2O)C(=O)C1(NC(C)C(=C)C)c1ccccc1OC.CC.CC.CC(F)F.CF.COC. The molecule has 302 valence electrons. The lowest BCUT2D eigenvalue weighted by Crippen LogP contribution is -2.54. The van der Waals surface area contributed by atoms with Gasteiger partial charge in [0.1, 0.15) is 22.1 Å². The number of phenolic OH excluding ortho intramolecular Hbond substituents is 1. The molecule has 0 spiro atoms. The van der Waals surface area contributed by atoms with Crippen LogP contribution in [0.25, 0.3) is 0 Å². The Kier molecular flexibility index (Phi) is 28.1. The van der Waals surface area contributed by atoms with Crippen molar-refractivity contribution in [1.82, 2.24) is 9.62 Å². The smallest absolute Gasteiger partial charge is 0.270 e. The first-order valence-electron chi connectivity index (χ1n) is 16.8. The van der Waals surface area contributed by atoms with Crippen molar-refractivity contribution in [2.75, 3.05) is 35.6 Å². The summed E-state index contributed by atoms with van der Waals surface area (Å²) in [6.07, 6.45) is 2.96. The van der Waals surface area contributed by atoms with E-state index in [1.807, 2.05) is 41.5 Å². The van der Waals surface area contributed by atoms with Gasteiger partial charge in [-0.3, -0.25) is 14.5 Å². The first-order chi connectivity index (χ1) is 25.0. The van der Waals surface area contributed by atoms with E-state index in [1.165, 1.54) is 32.4 Å². The number of para-hydroxylation sites is 1. The topological polar surface area (TPSA) is 114 Å². The summed E-state index contributed by atoms with van der Waals surface area (Å²) in [5.74, 6) is -0.653. The van der Waals surface area contributed by atoms with Crippen LogP contribution in [0, 0.1) is 0 Å². The number of aromatic hydroxyl groups is 1. The maximum absolute atomic E-state index is 14.7. The Hall–Kier alpha value is -3.78. The summed E-state index contributed by atoms with van der Waals surface area (Å²) >= 11 is 6.39. The van der Waals surface area contributed by atoms with Gasteiger partial charge in [0.15, 0.2) is 5.54 Å². The largest absolute Gasteiger partial charge is 0.506 e. The number of ether oxygens (including phenoxy) is 3. The number of allylic oxidation sites excluding steroid dienone is 4. The van der Waals surface area contributed by atoms with E-state index < -0.39 is 50.6 Å². The van der Waals surface area contributed by atoms with Crippen LogP contribution in [0.15, 0.2) is 94.9 Å². The zero-order valence-corrected chi connectivity index (χ0v) is 35.0. The number of carbonyl (C=O) groups excluding carboxylic acids is 1. The van der Waals surface area contributed by atoms with Gasteiger partial charge in [-0.25, -0.2) is 21.5 Å². The van der Waals surface area contributed by atoms with Crippen LogP contribution in [0.2, 0.25) is 0 Å². The van der Waals surface area contributed by atoms with E-state index in [9.17, 15) is 31.5 Å². The second kappa shape index (κ2) is 27.8. The van der Waals surface area contributed by atoms with Crippen LogP contribution in [0.4, 0.5) is 13.2 Å². The fourth-order valence-electron chi connectivity index (χ4n) is 4.79. The Morgan fingerprint density at radius 3 is 2.00 bits per heavy atom. The van der Waals surface area contributed by atoms with Crippen LogP contribution >= 0.6 is 11.6 Å². The van der Waals surface area contributed by atoms with Crippen molar-refractivity contribution in [1.29, 1.82) is 0 Å². The summed E-state index contributed by atoms with van der Waals surface area (Å²) in [5.41, 5.74) is -0.0746. The zero-order chi connectivity index (χ0) is 42.1. The second-order valence-electron chi connectivity index (χ2n) is 10.4. The monoisotopic (exact) mass is 792 g/mol. The predicted molar refractivity (Wildman–Crippen MR) is 211 cm³/mol. The number of hydrogen-bond acceptors (Lipinski definition) is 8. The van der Waals surface area contributed by atoms with Gasteiger partial charge in [0, 0.05) is 43.3 Å². The Morgan fingerprint density at radius 1 is 1.06 bits per heavy atom. The molecule has 1 fully saturated rings. The number of halogens is 4. The highest BCUT2D eigenvalue weighted by molar-refractivity contribution is 7.89. The molecule has 2 aromatic rings. The van der Waals surface area contributed by atoms with Crippen molar-refractivity contribution in [3.05, 3.63) is 95.6 Å². The number of methoxy groups -OCH3 is 3. The highest BCUT2D eigenvalue weighted by Crippen LogP contribution is 2.48. The summed E-state index contributed by atoms with van der Waals surface area (Å²) in [5, 5.41) is 14.5. The molecule has 0 bridgehead atoms. The predicted octanol–water partition coefficient (Wildman–Crippen LogP) is 9.58. The highest BCUT2D eigenvalue weighted by atomic mass is 35.5. The Balaban J connectivity index is -0.00000170. The molecule has 2 aromatic carbocycles. The summed E-state index contributed by atoms with van der Waals surface area (Å²) < 4.78 is 74.2. The van der Waals surface area contributed by atoms with Gasteiger partial charge in [0.2, 0.25) is 6.43 Å². The molecule has 1 aliphatic rings. The quantitative estimate of drug-likeness (QED) is 0.171. The lowest BCUT2D eigenvalue weighted by atomic mass is 9.80. The number of sulfonamides is 1. The molecular weight excluding hydrogens is 733 g/mol. The number of amides is 1. The van der Waals surface area contributed by atoms with Crippen molar-refractivity contribution in [3.63, 3.8) is 0 Å². The van der Waals surface area contributed by atoms with E-state index in [4.69, 9.17) is 21.1 Å². The van der Waals surface area contributed by atoms with Crippen LogP contribution < -0.4 is 14.8 Å². The van der Waals surface area contributed by atoms with Gasteiger partial charge in [-0.1, -0.05) is 88.4 Å². The van der Waals surface area contributed by atoms with Crippen LogP contribution in [0.1, 0.15) is 67.4 Å². The van der Waals surface area contributed by atoms with E-state index in [0.717, 1.165) is 16.8 Å². The van der Waals surface area contributed by atoms with Crippen LogP contribution in [-0.4, -0.2) is 77.9 Å². The highest BCUT2D eigenvalue weighted by Gasteiger charge is 2.60. The van der Waals surface area contributed by atoms with Crippen molar-refractivity contribution in [2.24, 2.45) is 0 Å². The summed E-state index contributed by atoms with van der Waals surface area (Å²) in [6.45, 7) is 21.8. The molecule has 1 heterocycles. The van der Waals surface area contributed by atoms with E-state index in [0.29, 0.717) is 29.1 Å². The van der Waals surface area contributed by atoms with Gasteiger partial charge in [0.25, 0.3) is 15.9 Å². The van der Waals surface area contributed by atoms with Gasteiger partial charge in [-0.2, -0.15) is 0 Å². The third kappa shape index (κ3) is 14.9. The van der Waals surface area contributed by atoms with E-state index in [-0.39, 0.29) is 12.2 Å². The first kappa shape index (κ1) is 53.6.